The second-order valence-electron chi connectivity index (χ2n) is 15.2. The van der Waals surface area contributed by atoms with Gasteiger partial charge in [-0.05, 0) is 65.2 Å². The molecule has 0 amide bonds. The highest BCUT2D eigenvalue weighted by molar-refractivity contribution is 6.03. The SMILES string of the molecule is CC(C)(C)OC(=O)CCCCCCCCCC[N+]1=C(C=CC=C2N(CCC(=O)O)c3ccccc3C2(C)C)C(C)(C)c2ccccc21.[I-]. The number of carbonyl (C=O) groups excluding carboxylic acids is 1. The third-order valence-electron chi connectivity index (χ3n) is 9.59. The van der Waals surface area contributed by atoms with Gasteiger partial charge in [0.1, 0.15) is 12.1 Å². The van der Waals surface area contributed by atoms with Crippen molar-refractivity contribution < 1.29 is 48.0 Å². The van der Waals surface area contributed by atoms with E-state index in [0.717, 1.165) is 37.2 Å². The second-order valence-corrected chi connectivity index (χ2v) is 15.2. The first-order valence-corrected chi connectivity index (χ1v) is 17.7. The summed E-state index contributed by atoms with van der Waals surface area (Å²) in [6, 6.07) is 17.1. The molecule has 4 rings (SSSR count). The predicted molar refractivity (Wildman–Crippen MR) is 193 cm³/mol. The van der Waals surface area contributed by atoms with E-state index in [1.807, 2.05) is 26.8 Å². The number of carboxylic acids is 1. The molecule has 0 saturated heterocycles. The van der Waals surface area contributed by atoms with Gasteiger partial charge in [0.2, 0.25) is 5.69 Å². The predicted octanol–water partition coefficient (Wildman–Crippen LogP) is 6.63. The quantitative estimate of drug-likeness (QED) is 0.0900. The normalized spacial score (nSPS) is 17.1. The molecule has 2 heterocycles. The number of aliphatic carboxylic acids is 1. The van der Waals surface area contributed by atoms with Gasteiger partial charge in [-0.25, -0.2) is 0 Å². The fourth-order valence-corrected chi connectivity index (χ4v) is 7.19. The molecule has 7 heteroatoms. The van der Waals surface area contributed by atoms with E-state index < -0.39 is 11.6 Å². The lowest BCUT2D eigenvalue weighted by Gasteiger charge is -2.26. The Morgan fingerprint density at radius 1 is 0.812 bits per heavy atom. The Labute approximate surface area is 306 Å². The highest BCUT2D eigenvalue weighted by atomic mass is 127. The summed E-state index contributed by atoms with van der Waals surface area (Å²) < 4.78 is 7.92. The Kier molecular flexibility index (Phi) is 14.1. The number of anilines is 1. The first kappa shape index (κ1) is 39.5. The number of para-hydroxylation sites is 2. The fraction of sp³-hybridized carbons (Fsp3) is 0.537. The van der Waals surface area contributed by atoms with E-state index in [1.54, 1.807) is 0 Å². The summed E-state index contributed by atoms with van der Waals surface area (Å²) in [5.74, 6) is -0.869. The van der Waals surface area contributed by atoms with Crippen LogP contribution in [0.5, 0.6) is 0 Å². The third kappa shape index (κ3) is 9.82. The molecule has 262 valence electrons. The standard InChI is InChI=1S/C41H56N2O4.HI/c1-39(2,3)47-38(46)27-14-12-10-8-9-11-13-19-29-42-33-23-17-15-21-31(33)40(4,5)35(42)25-20-26-36-41(6,7)32-22-16-18-24-34(32)43(36)30-28-37(44)45;/h15-18,20-26H,8-14,19,27-30H2,1-7H3;1H. The van der Waals surface area contributed by atoms with Crippen LogP contribution in [0.25, 0.3) is 0 Å². The van der Waals surface area contributed by atoms with Crippen molar-refractivity contribution >= 4 is 29.0 Å². The van der Waals surface area contributed by atoms with Crippen LogP contribution in [0.2, 0.25) is 0 Å². The van der Waals surface area contributed by atoms with Crippen molar-refractivity contribution in [2.24, 2.45) is 0 Å². The van der Waals surface area contributed by atoms with Crippen molar-refractivity contribution in [3.63, 3.8) is 0 Å². The topological polar surface area (TPSA) is 69.9 Å². The summed E-state index contributed by atoms with van der Waals surface area (Å²) in [5.41, 5.74) is 6.66. The van der Waals surface area contributed by atoms with Crippen LogP contribution in [0, 0.1) is 0 Å². The van der Waals surface area contributed by atoms with E-state index in [2.05, 4.69) is 97.9 Å². The first-order valence-electron chi connectivity index (χ1n) is 17.7. The smallest absolute Gasteiger partial charge is 0.306 e. The summed E-state index contributed by atoms with van der Waals surface area (Å²) in [7, 11) is 0. The van der Waals surface area contributed by atoms with Gasteiger partial charge in [0.05, 0.1) is 11.8 Å². The number of nitrogens with zero attached hydrogens (tertiary/aromatic N) is 2. The van der Waals surface area contributed by atoms with E-state index in [0.29, 0.717) is 13.0 Å². The van der Waals surface area contributed by atoms with Crippen molar-refractivity contribution in [2.75, 3.05) is 18.0 Å². The van der Waals surface area contributed by atoms with E-state index in [1.165, 1.54) is 54.6 Å². The molecule has 2 aromatic rings. The molecule has 2 aliphatic heterocycles. The van der Waals surface area contributed by atoms with Gasteiger partial charge in [0, 0.05) is 53.9 Å². The van der Waals surface area contributed by atoms with Crippen LogP contribution in [0.1, 0.15) is 124 Å². The van der Waals surface area contributed by atoms with Gasteiger partial charge in [-0.2, -0.15) is 4.58 Å². The molecule has 1 N–H and O–H groups in total. The van der Waals surface area contributed by atoms with Crippen LogP contribution < -0.4 is 28.9 Å². The fourth-order valence-electron chi connectivity index (χ4n) is 7.19. The summed E-state index contributed by atoms with van der Waals surface area (Å²) in [5, 5.41) is 9.45. The van der Waals surface area contributed by atoms with Crippen molar-refractivity contribution in [3.05, 3.63) is 83.6 Å². The highest BCUT2D eigenvalue weighted by Crippen LogP contribution is 2.47. The number of unbranched alkanes of at least 4 members (excludes halogenated alkanes) is 7. The zero-order valence-corrected chi connectivity index (χ0v) is 32.4. The van der Waals surface area contributed by atoms with Gasteiger partial charge in [-0.15, -0.1) is 0 Å². The van der Waals surface area contributed by atoms with E-state index >= 15 is 0 Å². The lowest BCUT2D eigenvalue weighted by molar-refractivity contribution is -0.438. The van der Waals surface area contributed by atoms with Crippen LogP contribution in [0.3, 0.4) is 0 Å². The molecule has 6 nitrogen and oxygen atoms in total. The number of esters is 1. The van der Waals surface area contributed by atoms with Crippen molar-refractivity contribution in [1.29, 1.82) is 0 Å². The van der Waals surface area contributed by atoms with Gasteiger partial charge in [-0.1, -0.05) is 88.4 Å². The Morgan fingerprint density at radius 2 is 1.40 bits per heavy atom. The lowest BCUT2D eigenvalue weighted by atomic mass is 9.81. The summed E-state index contributed by atoms with van der Waals surface area (Å²) in [6.45, 7) is 16.3. The minimum atomic E-state index is -0.783. The van der Waals surface area contributed by atoms with E-state index in [4.69, 9.17) is 4.74 Å². The Bertz CT molecular complexity index is 1510. The second kappa shape index (κ2) is 17.1. The van der Waals surface area contributed by atoms with Crippen molar-refractivity contribution in [2.45, 2.75) is 129 Å². The van der Waals surface area contributed by atoms with Gasteiger partial charge in [0.25, 0.3) is 0 Å². The van der Waals surface area contributed by atoms with Crippen LogP contribution in [-0.4, -0.2) is 46.0 Å². The number of hydrogen-bond donors (Lipinski definition) is 1. The largest absolute Gasteiger partial charge is 1.00 e. The molecule has 0 aromatic heterocycles. The Morgan fingerprint density at radius 3 is 2.04 bits per heavy atom. The van der Waals surface area contributed by atoms with Crippen LogP contribution in [-0.2, 0) is 25.2 Å². The molecule has 2 aromatic carbocycles. The zero-order valence-electron chi connectivity index (χ0n) is 30.3. The molecule has 0 radical (unpaired) electrons. The molecule has 2 aliphatic rings. The minimum Gasteiger partial charge on any atom is -1.00 e. The molecule has 0 aliphatic carbocycles. The molecule has 0 fully saturated rings. The van der Waals surface area contributed by atoms with Crippen LogP contribution in [0.15, 0.2) is 72.5 Å². The first-order chi connectivity index (χ1) is 22.2. The van der Waals surface area contributed by atoms with Crippen molar-refractivity contribution in [3.8, 4) is 0 Å². The number of rotatable bonds is 16. The molecule has 48 heavy (non-hydrogen) atoms. The number of allylic oxidation sites excluding steroid dienone is 4. The number of halogens is 1. The van der Waals surface area contributed by atoms with Gasteiger partial charge in [0.15, 0.2) is 5.71 Å². The van der Waals surface area contributed by atoms with Gasteiger partial charge in [-0.3, -0.25) is 9.59 Å². The summed E-state index contributed by atoms with van der Waals surface area (Å²) >= 11 is 0. The zero-order chi connectivity index (χ0) is 34.2. The molecule has 0 spiro atoms. The number of hydrogen-bond acceptors (Lipinski definition) is 4. The van der Waals surface area contributed by atoms with Gasteiger partial charge >= 0.3 is 11.9 Å². The maximum atomic E-state index is 11.9. The van der Waals surface area contributed by atoms with E-state index in [-0.39, 0.29) is 47.2 Å². The Balaban J connectivity index is 0.00000625. The summed E-state index contributed by atoms with van der Waals surface area (Å²) in [4.78, 5) is 25.6. The number of carbonyl (C=O) groups is 2. The average Bonchev–Trinajstić information content (AvgIpc) is 3.35. The number of carboxylic acid groups (broad SMARTS) is 1. The molecular weight excluding hydrogens is 711 g/mol. The number of ether oxygens (including phenoxy) is 1. The van der Waals surface area contributed by atoms with Crippen LogP contribution in [0.4, 0.5) is 11.4 Å². The molecule has 0 saturated carbocycles. The molecule has 0 atom stereocenters. The summed E-state index contributed by atoms with van der Waals surface area (Å²) in [6.07, 6.45) is 16.4. The third-order valence-corrected chi connectivity index (χ3v) is 9.59. The lowest BCUT2D eigenvalue weighted by Crippen LogP contribution is -3.00. The molecular formula is C41H57IN2O4. The molecule has 0 unspecified atom stereocenters. The van der Waals surface area contributed by atoms with Crippen LogP contribution >= 0.6 is 0 Å². The van der Waals surface area contributed by atoms with E-state index in [9.17, 15) is 14.7 Å². The molecule has 0 bridgehead atoms. The average molecular weight is 769 g/mol. The number of fused-ring (bicyclic) bond motifs is 2. The Hall–Kier alpha value is -2.94. The van der Waals surface area contributed by atoms with Crippen molar-refractivity contribution in [1.82, 2.24) is 0 Å². The maximum Gasteiger partial charge on any atom is 0.306 e. The monoisotopic (exact) mass is 768 g/mol. The minimum absolute atomic E-state index is 0. The number of benzene rings is 2. The van der Waals surface area contributed by atoms with Gasteiger partial charge < -0.3 is 38.7 Å². The maximum absolute atomic E-state index is 11.9. The highest BCUT2D eigenvalue weighted by Gasteiger charge is 2.44.